The van der Waals surface area contributed by atoms with E-state index < -0.39 is 11.7 Å². The van der Waals surface area contributed by atoms with Gasteiger partial charge in [0.2, 0.25) is 0 Å². The molecule has 7 heteroatoms. The number of amides is 1. The maximum atomic E-state index is 15.5. The zero-order chi connectivity index (χ0) is 24.5. The van der Waals surface area contributed by atoms with Crippen molar-refractivity contribution in [3.05, 3.63) is 83.3 Å². The van der Waals surface area contributed by atoms with E-state index in [1.54, 1.807) is 20.4 Å². The molecule has 0 unspecified atom stereocenters. The van der Waals surface area contributed by atoms with Crippen molar-refractivity contribution >= 4 is 23.0 Å². The van der Waals surface area contributed by atoms with Gasteiger partial charge in [0, 0.05) is 37.3 Å². The number of halogens is 1. The fourth-order valence-electron chi connectivity index (χ4n) is 4.78. The second-order valence-corrected chi connectivity index (χ2v) is 8.51. The van der Waals surface area contributed by atoms with Crippen molar-refractivity contribution in [3.63, 3.8) is 0 Å². The molecule has 0 saturated heterocycles. The topological polar surface area (TPSA) is 56.6 Å². The summed E-state index contributed by atoms with van der Waals surface area (Å²) in [5, 5.41) is 0.789. The Morgan fingerprint density at radius 1 is 1.03 bits per heavy atom. The Morgan fingerprint density at radius 3 is 2.46 bits per heavy atom. The van der Waals surface area contributed by atoms with Crippen LogP contribution in [0.15, 0.2) is 66.6 Å². The van der Waals surface area contributed by atoms with Crippen LogP contribution in [-0.2, 0) is 24.8 Å². The first-order valence-electron chi connectivity index (χ1n) is 11.4. The molecule has 5 rings (SSSR count). The third-order valence-electron chi connectivity index (χ3n) is 6.51. The van der Waals surface area contributed by atoms with Crippen LogP contribution < -0.4 is 9.47 Å². The second kappa shape index (κ2) is 9.25. The lowest BCUT2D eigenvalue weighted by Crippen LogP contribution is -2.36. The van der Waals surface area contributed by atoms with Crippen molar-refractivity contribution in [2.75, 3.05) is 20.8 Å². The maximum Gasteiger partial charge on any atom is 0.282 e. The zero-order valence-corrected chi connectivity index (χ0v) is 19.9. The molecule has 178 valence electrons. The summed E-state index contributed by atoms with van der Waals surface area (Å²) >= 11 is 0. The number of methoxy groups -OCH3 is 2. The molecule has 4 aromatic rings. The van der Waals surface area contributed by atoms with Crippen LogP contribution in [0.1, 0.15) is 16.7 Å². The van der Waals surface area contributed by atoms with Crippen LogP contribution in [-0.4, -0.2) is 41.1 Å². The SMILES string of the molecule is COc1cc2c(cc1OC)CN(C(=O)/C(F)=C/c1c(-c3ccccc3)n(C)c3ncccc13)CC2. The monoisotopic (exact) mass is 471 g/mol. The molecular weight excluding hydrogens is 445 g/mol. The standard InChI is InChI=1S/C28H26FN3O3/c1-31-26(18-8-5-4-6-9-18)22(21-10-7-12-30-27(21)31)16-23(29)28(33)32-13-11-19-14-24(34-2)25(35-3)15-20(19)17-32/h4-10,12,14-16H,11,13,17H2,1-3H3/b23-16-. The molecule has 0 radical (unpaired) electrons. The molecule has 0 fully saturated rings. The first kappa shape index (κ1) is 22.7. The quantitative estimate of drug-likeness (QED) is 0.378. The van der Waals surface area contributed by atoms with E-state index in [9.17, 15) is 4.79 Å². The van der Waals surface area contributed by atoms with E-state index in [4.69, 9.17) is 9.47 Å². The van der Waals surface area contributed by atoms with Crippen molar-refractivity contribution in [1.82, 2.24) is 14.5 Å². The van der Waals surface area contributed by atoms with E-state index >= 15 is 4.39 Å². The number of rotatable bonds is 5. The van der Waals surface area contributed by atoms with Crippen LogP contribution in [0.4, 0.5) is 4.39 Å². The Labute approximate surface area is 203 Å². The van der Waals surface area contributed by atoms with Crippen molar-refractivity contribution in [2.24, 2.45) is 7.05 Å². The molecule has 0 spiro atoms. The number of aryl methyl sites for hydroxylation is 1. The highest BCUT2D eigenvalue weighted by Gasteiger charge is 2.26. The van der Waals surface area contributed by atoms with Gasteiger partial charge in [0.1, 0.15) is 5.65 Å². The van der Waals surface area contributed by atoms with Gasteiger partial charge in [0.15, 0.2) is 17.3 Å². The number of hydrogen-bond acceptors (Lipinski definition) is 4. The number of pyridine rings is 1. The Hall–Kier alpha value is -4.13. The summed E-state index contributed by atoms with van der Waals surface area (Å²) < 4.78 is 28.3. The smallest absolute Gasteiger partial charge is 0.282 e. The number of hydrogen-bond donors (Lipinski definition) is 0. The lowest BCUT2D eigenvalue weighted by Gasteiger charge is -2.29. The van der Waals surface area contributed by atoms with Crippen molar-refractivity contribution in [1.29, 1.82) is 0 Å². The molecule has 0 saturated carbocycles. The van der Waals surface area contributed by atoms with Crippen molar-refractivity contribution < 1.29 is 18.7 Å². The fourth-order valence-corrected chi connectivity index (χ4v) is 4.78. The Morgan fingerprint density at radius 2 is 1.74 bits per heavy atom. The third kappa shape index (κ3) is 4.03. The van der Waals surface area contributed by atoms with E-state index in [1.807, 2.05) is 66.2 Å². The molecule has 0 aliphatic carbocycles. The highest BCUT2D eigenvalue weighted by Crippen LogP contribution is 2.36. The molecular formula is C28H26FN3O3. The second-order valence-electron chi connectivity index (χ2n) is 8.51. The lowest BCUT2D eigenvalue weighted by atomic mass is 9.98. The molecule has 1 aliphatic rings. The molecule has 1 amide bonds. The van der Waals surface area contributed by atoms with Crippen LogP contribution in [0.2, 0.25) is 0 Å². The Balaban J connectivity index is 1.51. The van der Waals surface area contributed by atoms with Crippen LogP contribution in [0.3, 0.4) is 0 Å². The van der Waals surface area contributed by atoms with Gasteiger partial charge in [0.05, 0.1) is 19.9 Å². The van der Waals surface area contributed by atoms with Crippen molar-refractivity contribution in [2.45, 2.75) is 13.0 Å². The summed E-state index contributed by atoms with van der Waals surface area (Å²) in [5.41, 5.74) is 5.09. The number of ether oxygens (including phenoxy) is 2. The van der Waals surface area contributed by atoms with Gasteiger partial charge in [0.25, 0.3) is 5.91 Å². The normalized spacial score (nSPS) is 13.6. The molecule has 35 heavy (non-hydrogen) atoms. The highest BCUT2D eigenvalue weighted by atomic mass is 19.1. The predicted molar refractivity (Wildman–Crippen MR) is 134 cm³/mol. The van der Waals surface area contributed by atoms with Crippen LogP contribution >= 0.6 is 0 Å². The van der Waals surface area contributed by atoms with Gasteiger partial charge >= 0.3 is 0 Å². The number of carbonyl (C=O) groups excluding carboxylic acids is 1. The fraction of sp³-hybridized carbons (Fsp3) is 0.214. The lowest BCUT2D eigenvalue weighted by molar-refractivity contribution is -0.129. The number of carbonyl (C=O) groups is 1. The zero-order valence-electron chi connectivity index (χ0n) is 19.9. The number of nitrogens with zero attached hydrogens (tertiary/aromatic N) is 3. The Bertz CT molecular complexity index is 1440. The van der Waals surface area contributed by atoms with Gasteiger partial charge < -0.3 is 18.9 Å². The van der Waals surface area contributed by atoms with Crippen LogP contribution in [0.5, 0.6) is 11.5 Å². The molecule has 0 bridgehead atoms. The highest BCUT2D eigenvalue weighted by molar-refractivity contribution is 6.02. The summed E-state index contributed by atoms with van der Waals surface area (Å²) in [6, 6.07) is 17.2. The minimum Gasteiger partial charge on any atom is -0.493 e. The molecule has 1 aliphatic heterocycles. The van der Waals surface area contributed by atoms with Gasteiger partial charge in [-0.15, -0.1) is 0 Å². The summed E-state index contributed by atoms with van der Waals surface area (Å²) in [4.78, 5) is 19.2. The van der Waals surface area contributed by atoms with Gasteiger partial charge in [-0.2, -0.15) is 0 Å². The minimum absolute atomic E-state index is 0.304. The minimum atomic E-state index is -0.803. The van der Waals surface area contributed by atoms with E-state index in [-0.39, 0.29) is 0 Å². The van der Waals surface area contributed by atoms with Crippen LogP contribution in [0, 0.1) is 0 Å². The predicted octanol–water partition coefficient (Wildman–Crippen LogP) is 5.15. The number of fused-ring (bicyclic) bond motifs is 2. The van der Waals surface area contributed by atoms with E-state index in [0.717, 1.165) is 33.4 Å². The van der Waals surface area contributed by atoms with E-state index in [1.165, 1.54) is 11.0 Å². The summed E-state index contributed by atoms with van der Waals surface area (Å²) in [5.74, 6) is -0.199. The third-order valence-corrected chi connectivity index (χ3v) is 6.51. The number of benzene rings is 2. The van der Waals surface area contributed by atoms with Gasteiger partial charge in [-0.25, -0.2) is 9.37 Å². The molecule has 3 heterocycles. The largest absolute Gasteiger partial charge is 0.493 e. The van der Waals surface area contributed by atoms with Gasteiger partial charge in [-0.1, -0.05) is 30.3 Å². The average molecular weight is 472 g/mol. The van der Waals surface area contributed by atoms with Crippen molar-refractivity contribution in [3.8, 4) is 22.8 Å². The molecule has 0 N–H and O–H groups in total. The van der Waals surface area contributed by atoms with E-state index in [2.05, 4.69) is 4.98 Å². The number of aromatic nitrogens is 2. The molecule has 2 aromatic heterocycles. The maximum absolute atomic E-state index is 15.5. The average Bonchev–Trinajstić information content (AvgIpc) is 3.18. The Kier molecular flexibility index (Phi) is 5.99. The summed E-state index contributed by atoms with van der Waals surface area (Å²) in [6.45, 7) is 0.726. The summed E-state index contributed by atoms with van der Waals surface area (Å²) in [6.07, 6.45) is 3.67. The molecule has 0 atom stereocenters. The van der Waals surface area contributed by atoms with E-state index in [0.29, 0.717) is 36.6 Å². The summed E-state index contributed by atoms with van der Waals surface area (Å²) in [7, 11) is 5.06. The van der Waals surface area contributed by atoms with Gasteiger partial charge in [-0.3, -0.25) is 4.79 Å². The van der Waals surface area contributed by atoms with Gasteiger partial charge in [-0.05, 0) is 53.5 Å². The first-order chi connectivity index (χ1) is 17.0. The van der Waals surface area contributed by atoms with Crippen LogP contribution in [0.25, 0.3) is 28.4 Å². The first-order valence-corrected chi connectivity index (χ1v) is 11.4. The molecule has 6 nitrogen and oxygen atoms in total. The molecule has 2 aromatic carbocycles.